The zero-order valence-corrected chi connectivity index (χ0v) is 20.4. The Labute approximate surface area is 207 Å². The van der Waals surface area contributed by atoms with Gasteiger partial charge in [-0.1, -0.05) is 103 Å². The number of nitrogens with zero attached hydrogens (tertiary/aromatic N) is 1. The van der Waals surface area contributed by atoms with Crippen molar-refractivity contribution in [2.75, 3.05) is 0 Å². The minimum atomic E-state index is -0.718. The molecule has 0 saturated carbocycles. The predicted molar refractivity (Wildman–Crippen MR) is 144 cm³/mol. The summed E-state index contributed by atoms with van der Waals surface area (Å²) < 4.78 is 0. The Morgan fingerprint density at radius 3 is 1.57 bits per heavy atom. The smallest absolute Gasteiger partial charge is 0.155 e. The van der Waals surface area contributed by atoms with E-state index in [1.807, 2.05) is 12.1 Å². The second kappa shape index (κ2) is 7.88. The molecule has 0 N–H and O–H groups in total. The molecule has 172 valence electrons. The Hall–Kier alpha value is -3.78. The van der Waals surface area contributed by atoms with Crippen LogP contribution in [0.15, 0.2) is 114 Å². The van der Waals surface area contributed by atoms with Gasteiger partial charge in [-0.05, 0) is 55.2 Å². The summed E-state index contributed by atoms with van der Waals surface area (Å²) in [7, 11) is 0. The molecule has 4 atom stereocenters. The third-order valence-corrected chi connectivity index (χ3v) is 8.25. The lowest BCUT2D eigenvalue weighted by Crippen LogP contribution is -2.54. The van der Waals surface area contributed by atoms with Crippen LogP contribution in [-0.4, -0.2) is 11.5 Å². The highest BCUT2D eigenvalue weighted by atomic mass is 16.1. The number of fused-ring (bicyclic) bond motifs is 6. The van der Waals surface area contributed by atoms with Crippen LogP contribution in [-0.2, 0) is 4.79 Å². The highest BCUT2D eigenvalue weighted by Gasteiger charge is 2.68. The molecule has 6 rings (SSSR count). The Balaban J connectivity index is 1.69. The molecule has 0 aromatic heterocycles. The zero-order chi connectivity index (χ0) is 24.2. The summed E-state index contributed by atoms with van der Waals surface area (Å²) in [6.07, 6.45) is 8.58. The Kier molecular flexibility index (Phi) is 4.89. The van der Waals surface area contributed by atoms with E-state index < -0.39 is 10.8 Å². The quantitative estimate of drug-likeness (QED) is 0.399. The molecule has 0 aliphatic heterocycles. The van der Waals surface area contributed by atoms with Gasteiger partial charge in [-0.15, -0.1) is 0 Å². The molecule has 0 heterocycles. The van der Waals surface area contributed by atoms with E-state index in [0.29, 0.717) is 0 Å². The van der Waals surface area contributed by atoms with Crippen molar-refractivity contribution in [1.82, 2.24) is 0 Å². The molecule has 2 nitrogen and oxygen atoms in total. The number of hydrogen-bond acceptors (Lipinski definition) is 2. The third kappa shape index (κ3) is 3.02. The van der Waals surface area contributed by atoms with E-state index in [2.05, 4.69) is 118 Å². The first kappa shape index (κ1) is 21.7. The van der Waals surface area contributed by atoms with Gasteiger partial charge in [-0.25, -0.2) is 0 Å². The van der Waals surface area contributed by atoms with Crippen LogP contribution in [0.4, 0.5) is 5.69 Å². The highest BCUT2D eigenvalue weighted by molar-refractivity contribution is 6.27. The van der Waals surface area contributed by atoms with E-state index in [9.17, 15) is 4.79 Å². The summed E-state index contributed by atoms with van der Waals surface area (Å²) in [5, 5.41) is 0. The predicted octanol–water partition coefficient (Wildman–Crippen LogP) is 7.65. The largest absolute Gasteiger partial charge is 0.298 e. The number of rotatable bonds is 3. The number of carbonyl (C=O) groups is 1. The molecule has 0 amide bonds. The number of ketones is 1. The van der Waals surface area contributed by atoms with Gasteiger partial charge in [0.15, 0.2) is 5.78 Å². The maximum Gasteiger partial charge on any atom is 0.155 e. The van der Waals surface area contributed by atoms with Gasteiger partial charge in [-0.3, -0.25) is 9.79 Å². The normalized spacial score (nSPS) is 30.1. The van der Waals surface area contributed by atoms with Gasteiger partial charge in [0, 0.05) is 17.5 Å². The topological polar surface area (TPSA) is 29.4 Å². The fourth-order valence-electron chi connectivity index (χ4n) is 6.60. The van der Waals surface area contributed by atoms with Crippen molar-refractivity contribution in [2.45, 2.75) is 20.8 Å². The summed E-state index contributed by atoms with van der Waals surface area (Å²) >= 11 is 0. The first-order valence-corrected chi connectivity index (χ1v) is 12.4. The minimum absolute atomic E-state index is 0.124. The van der Waals surface area contributed by atoms with Crippen LogP contribution in [0.1, 0.15) is 30.5 Å². The summed E-state index contributed by atoms with van der Waals surface area (Å²) in [4.78, 5) is 19.9. The molecule has 0 fully saturated rings. The van der Waals surface area contributed by atoms with Gasteiger partial charge in [0.1, 0.15) is 0 Å². The van der Waals surface area contributed by atoms with Gasteiger partial charge in [0.2, 0.25) is 0 Å². The van der Waals surface area contributed by atoms with Crippen LogP contribution in [0.5, 0.6) is 0 Å². The summed E-state index contributed by atoms with van der Waals surface area (Å²) in [6, 6.07) is 29.3. The van der Waals surface area contributed by atoms with Crippen LogP contribution in [0.3, 0.4) is 0 Å². The SMILES string of the molecule is Cc1ccc(N=C2[C@H]3C=CC=C[C@@H]2[C@]2(C)C(=O)[C@@]3(C)C(c3ccccc3)=C2c2ccccc2)cc1. The Morgan fingerprint density at radius 2 is 1.11 bits per heavy atom. The number of carbonyl (C=O) groups excluding carboxylic acids is 1. The van der Waals surface area contributed by atoms with Gasteiger partial charge in [-0.2, -0.15) is 0 Å². The van der Waals surface area contributed by atoms with Crippen molar-refractivity contribution in [2.24, 2.45) is 27.7 Å². The van der Waals surface area contributed by atoms with Crippen LogP contribution in [0.2, 0.25) is 0 Å². The average molecular weight is 456 g/mol. The van der Waals surface area contributed by atoms with Crippen LogP contribution < -0.4 is 0 Å². The van der Waals surface area contributed by atoms with E-state index in [1.165, 1.54) is 5.56 Å². The molecule has 0 saturated heterocycles. The number of hydrogen-bond donors (Lipinski definition) is 0. The molecule has 3 aliphatic carbocycles. The molecule has 3 aromatic carbocycles. The minimum Gasteiger partial charge on any atom is -0.298 e. The first-order valence-electron chi connectivity index (χ1n) is 12.4. The summed E-state index contributed by atoms with van der Waals surface area (Å²) in [6.45, 7) is 6.38. The molecule has 0 spiro atoms. The number of aliphatic imine (C=N–C) groups is 1. The molecular weight excluding hydrogens is 426 g/mol. The molecule has 0 radical (unpaired) electrons. The molecule has 3 aliphatic rings. The van der Waals surface area contributed by atoms with E-state index in [4.69, 9.17) is 4.99 Å². The lowest BCUT2D eigenvalue weighted by atomic mass is 9.54. The molecule has 2 heteroatoms. The monoisotopic (exact) mass is 455 g/mol. The van der Waals surface area contributed by atoms with Crippen molar-refractivity contribution < 1.29 is 4.79 Å². The van der Waals surface area contributed by atoms with Crippen molar-refractivity contribution >= 4 is 28.3 Å². The first-order chi connectivity index (χ1) is 17.0. The van der Waals surface area contributed by atoms with E-state index in [1.54, 1.807) is 0 Å². The van der Waals surface area contributed by atoms with E-state index >= 15 is 0 Å². The lowest BCUT2D eigenvalue weighted by molar-refractivity contribution is -0.133. The number of allylic oxidation sites excluding steroid dienone is 6. The molecule has 0 unspecified atom stereocenters. The van der Waals surface area contributed by atoms with Gasteiger partial charge < -0.3 is 0 Å². The summed E-state index contributed by atoms with van der Waals surface area (Å²) in [5.74, 6) is 0.0401. The zero-order valence-electron chi connectivity index (χ0n) is 20.4. The Morgan fingerprint density at radius 1 is 0.657 bits per heavy atom. The van der Waals surface area contributed by atoms with E-state index in [-0.39, 0.29) is 17.6 Å². The van der Waals surface area contributed by atoms with Crippen molar-refractivity contribution in [3.8, 4) is 0 Å². The Bertz CT molecular complexity index is 1340. The molecular formula is C33H29NO. The standard InChI is InChI=1S/C33H29NO/c1-22-18-20-25(21-19-22)34-30-26-16-10-11-17-27(30)33(3)29(24-14-8-5-9-15-24)28(32(26,2)31(33)35)23-12-6-4-7-13-23/h4-21,26-27H,1-3H3/t26-,27+,32-,33+. The van der Waals surface area contributed by atoms with Gasteiger partial charge >= 0.3 is 0 Å². The van der Waals surface area contributed by atoms with Crippen molar-refractivity contribution in [3.05, 3.63) is 126 Å². The molecule has 35 heavy (non-hydrogen) atoms. The van der Waals surface area contributed by atoms with Crippen molar-refractivity contribution in [3.63, 3.8) is 0 Å². The summed E-state index contributed by atoms with van der Waals surface area (Å²) in [5.41, 5.74) is 6.29. The van der Waals surface area contributed by atoms with Crippen LogP contribution in [0, 0.1) is 29.6 Å². The maximum atomic E-state index is 14.6. The molecule has 4 bridgehead atoms. The van der Waals surface area contributed by atoms with E-state index in [0.717, 1.165) is 33.7 Å². The average Bonchev–Trinajstić information content (AvgIpc) is 3.01. The van der Waals surface area contributed by atoms with Crippen molar-refractivity contribution in [1.29, 1.82) is 0 Å². The number of benzene rings is 3. The maximum absolute atomic E-state index is 14.6. The fourth-order valence-corrected chi connectivity index (χ4v) is 6.60. The second-order valence-corrected chi connectivity index (χ2v) is 10.3. The number of Topliss-reactive ketones (excluding diaryl/α,β-unsaturated/α-hetero) is 1. The van der Waals surface area contributed by atoms with Crippen LogP contribution >= 0.6 is 0 Å². The van der Waals surface area contributed by atoms with Gasteiger partial charge in [0.05, 0.1) is 16.5 Å². The molecule has 3 aromatic rings. The lowest BCUT2D eigenvalue weighted by Gasteiger charge is -2.46. The van der Waals surface area contributed by atoms with Gasteiger partial charge in [0.25, 0.3) is 0 Å². The highest BCUT2D eigenvalue weighted by Crippen LogP contribution is 2.68. The van der Waals surface area contributed by atoms with Crippen LogP contribution in [0.25, 0.3) is 11.1 Å². The number of aryl methyl sites for hydroxylation is 1. The fraction of sp³-hybridized carbons (Fsp3) is 0.212. The third-order valence-electron chi connectivity index (χ3n) is 8.25. The second-order valence-electron chi connectivity index (χ2n) is 10.3.